The summed E-state index contributed by atoms with van der Waals surface area (Å²) in [5, 5.41) is 0. The summed E-state index contributed by atoms with van der Waals surface area (Å²) in [6, 6.07) is 11.9. The van der Waals surface area contributed by atoms with E-state index >= 15 is 0 Å². The molecule has 0 amide bonds. The molecular formula is C18H19NO3S. The number of ketones is 1. The van der Waals surface area contributed by atoms with E-state index in [9.17, 15) is 13.2 Å². The zero-order chi connectivity index (χ0) is 17.0. The third-order valence-electron chi connectivity index (χ3n) is 3.57. The van der Waals surface area contributed by atoms with Gasteiger partial charge in [0, 0.05) is 5.56 Å². The first kappa shape index (κ1) is 17.1. The highest BCUT2D eigenvalue weighted by molar-refractivity contribution is 7.89. The number of benzene rings is 2. The fourth-order valence-corrected chi connectivity index (χ4v) is 2.85. The van der Waals surface area contributed by atoms with E-state index in [4.69, 9.17) is 0 Å². The molecule has 0 unspecified atom stereocenters. The lowest BCUT2D eigenvalue weighted by Gasteiger charge is -2.03. The second-order valence-electron chi connectivity index (χ2n) is 5.29. The van der Waals surface area contributed by atoms with E-state index in [0.29, 0.717) is 5.56 Å². The van der Waals surface area contributed by atoms with Crippen molar-refractivity contribution in [3.63, 3.8) is 0 Å². The number of rotatable bonds is 5. The number of hydrogen-bond donors (Lipinski definition) is 1. The molecule has 0 saturated heterocycles. The lowest BCUT2D eigenvalue weighted by molar-refractivity contribution is 0.104. The quantitative estimate of drug-likeness (QED) is 0.677. The van der Waals surface area contributed by atoms with Crippen molar-refractivity contribution in [1.29, 1.82) is 0 Å². The summed E-state index contributed by atoms with van der Waals surface area (Å²) >= 11 is 0. The predicted octanol–water partition coefficient (Wildman–Crippen LogP) is 3.11. The van der Waals surface area contributed by atoms with Crippen molar-refractivity contribution < 1.29 is 13.2 Å². The van der Waals surface area contributed by atoms with Gasteiger partial charge in [-0.2, -0.15) is 0 Å². The SMILES string of the molecule is CNS(=O)(=O)c1ccc(C(=O)/C=C/c2cc(C)ccc2C)cc1. The molecule has 0 saturated carbocycles. The van der Waals surface area contributed by atoms with Gasteiger partial charge in [0.25, 0.3) is 0 Å². The largest absolute Gasteiger partial charge is 0.289 e. The van der Waals surface area contributed by atoms with Crippen LogP contribution in [-0.4, -0.2) is 21.2 Å². The zero-order valence-electron chi connectivity index (χ0n) is 13.3. The Morgan fingerprint density at radius 2 is 1.70 bits per heavy atom. The third-order valence-corrected chi connectivity index (χ3v) is 5.00. The van der Waals surface area contributed by atoms with E-state index in [1.807, 2.05) is 32.0 Å². The van der Waals surface area contributed by atoms with Crippen molar-refractivity contribution in [1.82, 2.24) is 4.72 Å². The van der Waals surface area contributed by atoms with Gasteiger partial charge in [-0.25, -0.2) is 13.1 Å². The maximum Gasteiger partial charge on any atom is 0.240 e. The average molecular weight is 329 g/mol. The van der Waals surface area contributed by atoms with Crippen molar-refractivity contribution in [2.75, 3.05) is 7.05 Å². The minimum absolute atomic E-state index is 0.134. The molecule has 2 aromatic rings. The van der Waals surface area contributed by atoms with Crippen LogP contribution in [0.4, 0.5) is 0 Å². The van der Waals surface area contributed by atoms with Gasteiger partial charge >= 0.3 is 0 Å². The Labute approximate surface area is 136 Å². The number of hydrogen-bond acceptors (Lipinski definition) is 3. The first-order chi connectivity index (χ1) is 10.8. The molecule has 0 spiro atoms. The normalized spacial score (nSPS) is 11.8. The molecule has 0 radical (unpaired) electrons. The lowest BCUT2D eigenvalue weighted by Crippen LogP contribution is -2.18. The molecule has 1 N–H and O–H groups in total. The van der Waals surface area contributed by atoms with Crippen molar-refractivity contribution >= 4 is 21.9 Å². The summed E-state index contributed by atoms with van der Waals surface area (Å²) in [6.07, 6.45) is 3.28. The molecule has 2 aromatic carbocycles. The molecule has 0 aliphatic carbocycles. The Balaban J connectivity index is 2.21. The standard InChI is InChI=1S/C18H19NO3S/c1-13-4-5-14(2)16(12-13)8-11-18(20)15-6-9-17(10-7-15)23(21,22)19-3/h4-12,19H,1-3H3/b11-8+. The van der Waals surface area contributed by atoms with E-state index in [1.54, 1.807) is 6.08 Å². The summed E-state index contributed by atoms with van der Waals surface area (Å²) in [5.74, 6) is -0.167. The number of nitrogens with one attached hydrogen (secondary N) is 1. The van der Waals surface area contributed by atoms with Gasteiger partial charge in [0.1, 0.15) is 0 Å². The number of carbonyl (C=O) groups excluding carboxylic acids is 1. The van der Waals surface area contributed by atoms with Crippen LogP contribution in [0.15, 0.2) is 53.4 Å². The minimum Gasteiger partial charge on any atom is -0.289 e. The van der Waals surface area contributed by atoms with Gasteiger partial charge in [-0.05, 0) is 62.4 Å². The van der Waals surface area contributed by atoms with Gasteiger partial charge < -0.3 is 0 Å². The third kappa shape index (κ3) is 4.15. The topological polar surface area (TPSA) is 63.2 Å². The van der Waals surface area contributed by atoms with Gasteiger partial charge in [0.05, 0.1) is 4.90 Å². The average Bonchev–Trinajstić information content (AvgIpc) is 2.55. The summed E-state index contributed by atoms with van der Waals surface area (Å²) in [7, 11) is -2.14. The maximum absolute atomic E-state index is 12.2. The van der Waals surface area contributed by atoms with Gasteiger partial charge in [0.2, 0.25) is 10.0 Å². The van der Waals surface area contributed by atoms with Crippen molar-refractivity contribution in [2.24, 2.45) is 0 Å². The fraction of sp³-hybridized carbons (Fsp3) is 0.167. The number of sulfonamides is 1. The van der Waals surface area contributed by atoms with Crippen LogP contribution < -0.4 is 4.72 Å². The highest BCUT2D eigenvalue weighted by atomic mass is 32.2. The van der Waals surface area contributed by atoms with Crippen LogP contribution in [0.2, 0.25) is 0 Å². The summed E-state index contributed by atoms with van der Waals surface area (Å²) in [4.78, 5) is 12.3. The molecule has 5 heteroatoms. The molecule has 0 atom stereocenters. The molecule has 0 aliphatic heterocycles. The second kappa shape index (κ2) is 6.89. The zero-order valence-corrected chi connectivity index (χ0v) is 14.1. The second-order valence-corrected chi connectivity index (χ2v) is 7.18. The van der Waals surface area contributed by atoms with Crippen LogP contribution >= 0.6 is 0 Å². The van der Waals surface area contributed by atoms with Gasteiger partial charge in [-0.15, -0.1) is 0 Å². The molecule has 4 nitrogen and oxygen atoms in total. The Bertz CT molecular complexity index is 850. The van der Waals surface area contributed by atoms with Crippen LogP contribution in [0.25, 0.3) is 6.08 Å². The maximum atomic E-state index is 12.2. The fourth-order valence-electron chi connectivity index (χ4n) is 2.12. The van der Waals surface area contributed by atoms with Gasteiger partial charge in [-0.3, -0.25) is 4.79 Å². The van der Waals surface area contributed by atoms with E-state index in [1.165, 1.54) is 37.4 Å². The molecule has 120 valence electrons. The van der Waals surface area contributed by atoms with Crippen LogP contribution in [0.5, 0.6) is 0 Å². The number of aryl methyl sites for hydroxylation is 2. The lowest BCUT2D eigenvalue weighted by atomic mass is 10.0. The van der Waals surface area contributed by atoms with Crippen LogP contribution in [0.3, 0.4) is 0 Å². The smallest absolute Gasteiger partial charge is 0.240 e. The van der Waals surface area contributed by atoms with Gasteiger partial charge in [-0.1, -0.05) is 29.8 Å². The highest BCUT2D eigenvalue weighted by Gasteiger charge is 2.11. The molecule has 0 heterocycles. The molecule has 2 rings (SSSR count). The predicted molar refractivity (Wildman–Crippen MR) is 92.0 cm³/mol. The van der Waals surface area contributed by atoms with Crippen LogP contribution in [0, 0.1) is 13.8 Å². The molecule has 0 fully saturated rings. The first-order valence-corrected chi connectivity index (χ1v) is 8.65. The molecule has 0 aromatic heterocycles. The number of allylic oxidation sites excluding steroid dienone is 1. The van der Waals surface area contributed by atoms with E-state index in [-0.39, 0.29) is 10.7 Å². The summed E-state index contributed by atoms with van der Waals surface area (Å²) in [5.41, 5.74) is 3.66. The van der Waals surface area contributed by atoms with E-state index in [2.05, 4.69) is 4.72 Å². The van der Waals surface area contributed by atoms with E-state index < -0.39 is 10.0 Å². The van der Waals surface area contributed by atoms with Crippen molar-refractivity contribution in [2.45, 2.75) is 18.7 Å². The molecule has 0 bridgehead atoms. The van der Waals surface area contributed by atoms with E-state index in [0.717, 1.165) is 16.7 Å². The highest BCUT2D eigenvalue weighted by Crippen LogP contribution is 2.14. The monoisotopic (exact) mass is 329 g/mol. The Kier molecular flexibility index (Phi) is 5.13. The van der Waals surface area contributed by atoms with Crippen LogP contribution in [-0.2, 0) is 10.0 Å². The molecular weight excluding hydrogens is 310 g/mol. The van der Waals surface area contributed by atoms with Gasteiger partial charge in [0.15, 0.2) is 5.78 Å². The number of carbonyl (C=O) groups is 1. The Morgan fingerprint density at radius 3 is 2.30 bits per heavy atom. The Hall–Kier alpha value is -2.24. The Morgan fingerprint density at radius 1 is 1.04 bits per heavy atom. The minimum atomic E-state index is -3.49. The molecule has 0 aliphatic rings. The van der Waals surface area contributed by atoms with Crippen molar-refractivity contribution in [3.05, 3.63) is 70.8 Å². The molecule has 23 heavy (non-hydrogen) atoms. The van der Waals surface area contributed by atoms with Crippen LogP contribution in [0.1, 0.15) is 27.0 Å². The first-order valence-electron chi connectivity index (χ1n) is 7.17. The summed E-state index contributed by atoms with van der Waals surface area (Å²) < 4.78 is 25.5. The summed E-state index contributed by atoms with van der Waals surface area (Å²) in [6.45, 7) is 3.99. The van der Waals surface area contributed by atoms with Crippen molar-refractivity contribution in [3.8, 4) is 0 Å².